The lowest BCUT2D eigenvalue weighted by molar-refractivity contribution is -0.145. The molecule has 1 unspecified atom stereocenters. The molecule has 7 nitrogen and oxygen atoms in total. The number of benzene rings is 1. The van der Waals surface area contributed by atoms with Crippen LogP contribution < -0.4 is 14.8 Å². The van der Waals surface area contributed by atoms with Crippen molar-refractivity contribution >= 4 is 23.2 Å². The molecule has 126 valence electrons. The maximum atomic E-state index is 12.0. The lowest BCUT2D eigenvalue weighted by Gasteiger charge is -2.15. The smallest absolute Gasteiger partial charge is 0.310 e. The monoisotopic (exact) mass is 348 g/mol. The molecule has 8 heteroatoms. The third-order valence-electron chi connectivity index (χ3n) is 3.62. The zero-order chi connectivity index (χ0) is 16.9. The summed E-state index contributed by atoms with van der Waals surface area (Å²) in [4.78, 5) is 28.4. The van der Waals surface area contributed by atoms with Crippen LogP contribution in [0.1, 0.15) is 15.2 Å². The Morgan fingerprint density at radius 1 is 1.38 bits per heavy atom. The molecule has 0 saturated carbocycles. The van der Waals surface area contributed by atoms with Crippen LogP contribution in [0.15, 0.2) is 29.9 Å². The fourth-order valence-electron chi connectivity index (χ4n) is 2.39. The Bertz CT molecular complexity index is 732. The molecule has 0 fully saturated rings. The van der Waals surface area contributed by atoms with Crippen molar-refractivity contribution in [3.05, 3.63) is 40.3 Å². The maximum Gasteiger partial charge on any atom is 0.310 e. The SMILES string of the molecule is COC(=O)C(CNC(=O)c1cncs1)Cc1ccc2c(c1)OCO2. The minimum absolute atomic E-state index is 0.178. The second-order valence-electron chi connectivity index (χ2n) is 5.19. The second-order valence-corrected chi connectivity index (χ2v) is 6.07. The molecular formula is C16H16N2O5S. The Hall–Kier alpha value is -2.61. The van der Waals surface area contributed by atoms with Gasteiger partial charge in [0, 0.05) is 6.54 Å². The average molecular weight is 348 g/mol. The maximum absolute atomic E-state index is 12.0. The number of carbonyl (C=O) groups is 2. The molecule has 1 aliphatic heterocycles. The van der Waals surface area contributed by atoms with E-state index in [2.05, 4.69) is 10.3 Å². The molecular weight excluding hydrogens is 332 g/mol. The van der Waals surface area contributed by atoms with Crippen LogP contribution in [-0.4, -0.2) is 37.3 Å². The van der Waals surface area contributed by atoms with Crippen molar-refractivity contribution in [2.24, 2.45) is 5.92 Å². The van der Waals surface area contributed by atoms with Crippen molar-refractivity contribution in [3.63, 3.8) is 0 Å². The Morgan fingerprint density at radius 2 is 2.21 bits per heavy atom. The molecule has 1 amide bonds. The molecule has 2 aromatic rings. The molecule has 0 spiro atoms. The van der Waals surface area contributed by atoms with Gasteiger partial charge in [-0.15, -0.1) is 11.3 Å². The first-order valence-corrected chi connectivity index (χ1v) is 8.18. The molecule has 0 aliphatic carbocycles. The van der Waals surface area contributed by atoms with Crippen LogP contribution in [0.25, 0.3) is 0 Å². The molecule has 1 aromatic heterocycles. The van der Waals surface area contributed by atoms with Crippen molar-refractivity contribution in [1.82, 2.24) is 10.3 Å². The van der Waals surface area contributed by atoms with Gasteiger partial charge in [-0.1, -0.05) is 6.07 Å². The fraction of sp³-hybridized carbons (Fsp3) is 0.312. The highest BCUT2D eigenvalue weighted by molar-refractivity contribution is 7.11. The van der Waals surface area contributed by atoms with E-state index >= 15 is 0 Å². The number of ether oxygens (including phenoxy) is 3. The molecule has 1 N–H and O–H groups in total. The highest BCUT2D eigenvalue weighted by atomic mass is 32.1. The van der Waals surface area contributed by atoms with E-state index in [4.69, 9.17) is 14.2 Å². The van der Waals surface area contributed by atoms with E-state index in [1.807, 2.05) is 18.2 Å². The van der Waals surface area contributed by atoms with E-state index in [1.54, 1.807) is 5.51 Å². The standard InChI is InChI=1S/C16H16N2O5S/c1-21-16(20)11(6-18-15(19)14-7-17-8-24-14)4-10-2-3-12-13(5-10)23-9-22-12/h2-3,5,7-8,11H,4,6,9H2,1H3,(H,18,19). The Morgan fingerprint density at radius 3 is 2.96 bits per heavy atom. The van der Waals surface area contributed by atoms with Crippen LogP contribution >= 0.6 is 11.3 Å². The normalized spacial score (nSPS) is 13.4. The third-order valence-corrected chi connectivity index (χ3v) is 4.39. The number of carbonyl (C=O) groups excluding carboxylic acids is 2. The number of methoxy groups -OCH3 is 1. The van der Waals surface area contributed by atoms with Gasteiger partial charge in [0.1, 0.15) is 4.88 Å². The lowest BCUT2D eigenvalue weighted by Crippen LogP contribution is -2.34. The summed E-state index contributed by atoms with van der Waals surface area (Å²) < 4.78 is 15.5. The van der Waals surface area contributed by atoms with Gasteiger partial charge in [0.15, 0.2) is 11.5 Å². The molecule has 2 heterocycles. The van der Waals surface area contributed by atoms with Gasteiger partial charge >= 0.3 is 5.97 Å². The summed E-state index contributed by atoms with van der Waals surface area (Å²) >= 11 is 1.24. The Labute approximate surface area is 142 Å². The molecule has 0 radical (unpaired) electrons. The number of fused-ring (bicyclic) bond motifs is 1. The quantitative estimate of drug-likeness (QED) is 0.799. The highest BCUT2D eigenvalue weighted by Gasteiger charge is 2.23. The molecule has 0 saturated heterocycles. The molecule has 1 atom stereocenters. The summed E-state index contributed by atoms with van der Waals surface area (Å²) in [5.74, 6) is 0.221. The topological polar surface area (TPSA) is 86.8 Å². The number of hydrogen-bond donors (Lipinski definition) is 1. The highest BCUT2D eigenvalue weighted by Crippen LogP contribution is 2.33. The number of rotatable bonds is 6. The van der Waals surface area contributed by atoms with Gasteiger partial charge in [-0.2, -0.15) is 0 Å². The minimum atomic E-state index is -0.493. The van der Waals surface area contributed by atoms with E-state index in [9.17, 15) is 9.59 Å². The third kappa shape index (κ3) is 3.65. The van der Waals surface area contributed by atoms with Crippen molar-refractivity contribution in [1.29, 1.82) is 0 Å². The van der Waals surface area contributed by atoms with Crippen LogP contribution in [-0.2, 0) is 16.0 Å². The number of aromatic nitrogens is 1. The summed E-state index contributed by atoms with van der Waals surface area (Å²) in [5, 5.41) is 2.75. The van der Waals surface area contributed by atoms with Gasteiger partial charge < -0.3 is 19.5 Å². The van der Waals surface area contributed by atoms with Crippen LogP contribution in [0, 0.1) is 5.92 Å². The van der Waals surface area contributed by atoms with Crippen molar-refractivity contribution in [2.75, 3.05) is 20.4 Å². The zero-order valence-electron chi connectivity index (χ0n) is 13.0. The average Bonchev–Trinajstić information content (AvgIpc) is 3.28. The van der Waals surface area contributed by atoms with E-state index in [1.165, 1.54) is 24.6 Å². The van der Waals surface area contributed by atoms with Gasteiger partial charge in [0.2, 0.25) is 6.79 Å². The van der Waals surface area contributed by atoms with E-state index < -0.39 is 5.92 Å². The number of esters is 1. The number of nitrogens with one attached hydrogen (secondary N) is 1. The summed E-state index contributed by atoms with van der Waals surface area (Å²) in [6.45, 7) is 0.377. The summed E-state index contributed by atoms with van der Waals surface area (Å²) in [6.07, 6.45) is 1.91. The van der Waals surface area contributed by atoms with Crippen LogP contribution in [0.3, 0.4) is 0 Å². The first kappa shape index (κ1) is 16.3. The molecule has 1 aromatic carbocycles. The lowest BCUT2D eigenvalue weighted by atomic mass is 9.99. The summed E-state index contributed by atoms with van der Waals surface area (Å²) in [5.41, 5.74) is 2.49. The van der Waals surface area contributed by atoms with E-state index in [0.29, 0.717) is 22.8 Å². The van der Waals surface area contributed by atoms with Crippen molar-refractivity contribution in [3.8, 4) is 11.5 Å². The van der Waals surface area contributed by atoms with Crippen molar-refractivity contribution in [2.45, 2.75) is 6.42 Å². The van der Waals surface area contributed by atoms with Gasteiger partial charge in [0.05, 0.1) is 24.7 Å². The van der Waals surface area contributed by atoms with Crippen LogP contribution in [0.2, 0.25) is 0 Å². The second kappa shape index (κ2) is 7.31. The predicted octanol–water partition coefficient (Wildman–Crippen LogP) is 1.63. The first-order valence-electron chi connectivity index (χ1n) is 7.30. The van der Waals surface area contributed by atoms with Crippen LogP contribution in [0.5, 0.6) is 11.5 Å². The Kier molecular flexibility index (Phi) is 4.95. The van der Waals surface area contributed by atoms with Crippen LogP contribution in [0.4, 0.5) is 0 Å². The van der Waals surface area contributed by atoms with Gasteiger partial charge in [-0.3, -0.25) is 14.6 Å². The zero-order valence-corrected chi connectivity index (χ0v) is 13.8. The fourth-order valence-corrected chi connectivity index (χ4v) is 2.93. The molecule has 0 bridgehead atoms. The van der Waals surface area contributed by atoms with E-state index in [0.717, 1.165) is 5.56 Å². The molecule has 3 rings (SSSR count). The summed E-state index contributed by atoms with van der Waals surface area (Å²) in [6, 6.07) is 5.51. The predicted molar refractivity (Wildman–Crippen MR) is 86.2 cm³/mol. The van der Waals surface area contributed by atoms with Crippen molar-refractivity contribution < 1.29 is 23.8 Å². The minimum Gasteiger partial charge on any atom is -0.469 e. The number of thiazole rings is 1. The van der Waals surface area contributed by atoms with Gasteiger partial charge in [0.25, 0.3) is 5.91 Å². The number of amides is 1. The number of hydrogen-bond acceptors (Lipinski definition) is 7. The molecule has 24 heavy (non-hydrogen) atoms. The molecule has 1 aliphatic rings. The van der Waals surface area contributed by atoms with Gasteiger partial charge in [-0.25, -0.2) is 0 Å². The van der Waals surface area contributed by atoms with E-state index in [-0.39, 0.29) is 25.2 Å². The number of nitrogens with zero attached hydrogens (tertiary/aromatic N) is 1. The largest absolute Gasteiger partial charge is 0.469 e. The summed E-state index contributed by atoms with van der Waals surface area (Å²) in [7, 11) is 1.33. The first-order chi connectivity index (χ1) is 11.7. The van der Waals surface area contributed by atoms with Gasteiger partial charge in [-0.05, 0) is 24.1 Å². The Balaban J connectivity index is 1.65.